The van der Waals surface area contributed by atoms with Gasteiger partial charge in [-0.2, -0.15) is 5.10 Å². The quantitative estimate of drug-likeness (QED) is 0.912. The summed E-state index contributed by atoms with van der Waals surface area (Å²) in [5, 5.41) is 13.0. The van der Waals surface area contributed by atoms with Gasteiger partial charge < -0.3 is 10.3 Å². The summed E-state index contributed by atoms with van der Waals surface area (Å²) in [5.41, 5.74) is 4.01. The lowest BCUT2D eigenvalue weighted by atomic mass is 10.0. The SMILES string of the molecule is CC[C@@H]1c2nnc(C)n2-c2cnc(C3C=NNC3)nc2N1C1CCCC1. The van der Waals surface area contributed by atoms with Gasteiger partial charge in [-0.25, -0.2) is 9.97 Å². The molecule has 8 heteroatoms. The molecule has 0 aromatic carbocycles. The highest BCUT2D eigenvalue weighted by molar-refractivity contribution is 5.69. The summed E-state index contributed by atoms with van der Waals surface area (Å²) in [6.45, 7) is 4.98. The molecule has 0 radical (unpaired) electrons. The van der Waals surface area contributed by atoms with Crippen LogP contribution in [-0.4, -0.2) is 43.5 Å². The lowest BCUT2D eigenvalue weighted by Crippen LogP contribution is -2.42. The van der Waals surface area contributed by atoms with Gasteiger partial charge in [0.1, 0.15) is 17.3 Å². The van der Waals surface area contributed by atoms with Gasteiger partial charge in [0.2, 0.25) is 0 Å². The molecule has 1 fully saturated rings. The molecule has 1 N–H and O–H groups in total. The zero-order valence-corrected chi connectivity index (χ0v) is 15.3. The Morgan fingerprint density at radius 3 is 2.81 bits per heavy atom. The molecule has 1 saturated carbocycles. The second-order valence-electron chi connectivity index (χ2n) is 7.39. The third kappa shape index (κ3) is 2.24. The maximum Gasteiger partial charge on any atom is 0.160 e. The lowest BCUT2D eigenvalue weighted by Gasteiger charge is -2.41. The number of nitrogens with one attached hydrogen (secondary N) is 1. The molecule has 1 aliphatic carbocycles. The predicted octanol–water partition coefficient (Wildman–Crippen LogP) is 2.25. The van der Waals surface area contributed by atoms with Crippen molar-refractivity contribution in [2.75, 3.05) is 11.4 Å². The van der Waals surface area contributed by atoms with Crippen molar-refractivity contribution in [3.63, 3.8) is 0 Å². The van der Waals surface area contributed by atoms with E-state index in [1.165, 1.54) is 25.7 Å². The Bertz CT molecular complexity index is 851. The molecule has 0 spiro atoms. The van der Waals surface area contributed by atoms with Crippen molar-refractivity contribution in [2.45, 2.75) is 64.0 Å². The molecule has 2 aliphatic heterocycles. The third-order valence-electron chi connectivity index (χ3n) is 5.83. The first-order valence-electron chi connectivity index (χ1n) is 9.61. The number of nitrogens with zero attached hydrogens (tertiary/aromatic N) is 7. The molecule has 8 nitrogen and oxygen atoms in total. The van der Waals surface area contributed by atoms with Crippen LogP contribution in [0.1, 0.15) is 68.5 Å². The van der Waals surface area contributed by atoms with Crippen molar-refractivity contribution in [1.82, 2.24) is 30.2 Å². The Hall–Kier alpha value is -2.51. The average molecular weight is 352 g/mol. The minimum absolute atomic E-state index is 0.134. The molecule has 2 aromatic heterocycles. The first-order chi connectivity index (χ1) is 12.8. The molecule has 5 rings (SSSR count). The number of rotatable bonds is 3. The summed E-state index contributed by atoms with van der Waals surface area (Å²) in [6, 6.07) is 0.729. The van der Waals surface area contributed by atoms with E-state index in [0.29, 0.717) is 6.04 Å². The van der Waals surface area contributed by atoms with Gasteiger partial charge in [-0.3, -0.25) is 4.57 Å². The minimum Gasteiger partial charge on any atom is -0.342 e. The number of hydrogen-bond donors (Lipinski definition) is 1. The summed E-state index contributed by atoms with van der Waals surface area (Å²) in [4.78, 5) is 12.2. The molecular formula is C18H24N8. The molecule has 4 heterocycles. The Kier molecular flexibility index (Phi) is 3.65. The number of hydrogen-bond acceptors (Lipinski definition) is 7. The fraction of sp³-hybridized carbons (Fsp3) is 0.611. The largest absolute Gasteiger partial charge is 0.342 e. The summed E-state index contributed by atoms with van der Waals surface area (Å²) < 4.78 is 2.14. The molecule has 1 unspecified atom stereocenters. The third-order valence-corrected chi connectivity index (χ3v) is 5.83. The molecule has 3 aliphatic rings. The Morgan fingerprint density at radius 2 is 2.08 bits per heavy atom. The standard InChI is InChI=1S/C18H24N8/c1-3-14-18-24-23-11(2)25(18)15-10-19-16(12-8-20-21-9-12)22-17(15)26(14)13-6-4-5-7-13/h8,10,12-14,21H,3-7,9H2,1-2H3/t12?,14-/m1/s1. The van der Waals surface area contributed by atoms with E-state index in [2.05, 4.69) is 42.1 Å². The van der Waals surface area contributed by atoms with Crippen molar-refractivity contribution < 1.29 is 0 Å². The van der Waals surface area contributed by atoms with E-state index in [1.807, 2.05) is 19.3 Å². The predicted molar refractivity (Wildman–Crippen MR) is 98.7 cm³/mol. The highest BCUT2D eigenvalue weighted by Crippen LogP contribution is 2.43. The highest BCUT2D eigenvalue weighted by Gasteiger charge is 2.39. The Morgan fingerprint density at radius 1 is 1.23 bits per heavy atom. The van der Waals surface area contributed by atoms with Gasteiger partial charge in [0, 0.05) is 18.8 Å². The lowest BCUT2D eigenvalue weighted by molar-refractivity contribution is 0.466. The molecule has 26 heavy (non-hydrogen) atoms. The van der Waals surface area contributed by atoms with E-state index < -0.39 is 0 Å². The van der Waals surface area contributed by atoms with Crippen LogP contribution in [0.15, 0.2) is 11.3 Å². The van der Waals surface area contributed by atoms with Crippen molar-refractivity contribution in [1.29, 1.82) is 0 Å². The average Bonchev–Trinajstić information content (AvgIpc) is 3.42. The first kappa shape index (κ1) is 15.7. The molecular weight excluding hydrogens is 328 g/mol. The van der Waals surface area contributed by atoms with E-state index >= 15 is 0 Å². The Labute approximate surface area is 152 Å². The second kappa shape index (κ2) is 6.03. The molecule has 2 aromatic rings. The van der Waals surface area contributed by atoms with Crippen molar-refractivity contribution in [3.8, 4) is 5.69 Å². The number of hydrazone groups is 1. The van der Waals surface area contributed by atoms with Crippen molar-refractivity contribution >= 4 is 12.0 Å². The minimum atomic E-state index is 0.134. The highest BCUT2D eigenvalue weighted by atomic mass is 15.4. The molecule has 0 amide bonds. The van der Waals surface area contributed by atoms with Crippen LogP contribution in [0.3, 0.4) is 0 Å². The van der Waals surface area contributed by atoms with Crippen LogP contribution in [0.2, 0.25) is 0 Å². The van der Waals surface area contributed by atoms with E-state index in [9.17, 15) is 0 Å². The van der Waals surface area contributed by atoms with Crippen LogP contribution in [-0.2, 0) is 0 Å². The van der Waals surface area contributed by atoms with E-state index in [0.717, 1.165) is 41.9 Å². The number of fused-ring (bicyclic) bond motifs is 3. The van der Waals surface area contributed by atoms with Crippen LogP contribution in [0.4, 0.5) is 5.82 Å². The fourth-order valence-corrected chi connectivity index (χ4v) is 4.56. The van der Waals surface area contributed by atoms with Gasteiger partial charge in [0.15, 0.2) is 11.6 Å². The normalized spacial score (nSPS) is 24.6. The summed E-state index contributed by atoms with van der Waals surface area (Å²) in [7, 11) is 0. The summed E-state index contributed by atoms with van der Waals surface area (Å²) in [6.07, 6.45) is 9.84. The van der Waals surface area contributed by atoms with E-state index in [-0.39, 0.29) is 12.0 Å². The summed E-state index contributed by atoms with van der Waals surface area (Å²) in [5.74, 6) is 3.92. The zero-order valence-electron chi connectivity index (χ0n) is 15.3. The smallest absolute Gasteiger partial charge is 0.160 e. The molecule has 2 atom stereocenters. The van der Waals surface area contributed by atoms with Gasteiger partial charge in [0.05, 0.1) is 18.2 Å². The van der Waals surface area contributed by atoms with Crippen LogP contribution < -0.4 is 10.3 Å². The van der Waals surface area contributed by atoms with Gasteiger partial charge in [-0.1, -0.05) is 19.8 Å². The first-order valence-corrected chi connectivity index (χ1v) is 9.61. The Balaban J connectivity index is 1.69. The number of aromatic nitrogens is 5. The monoisotopic (exact) mass is 352 g/mol. The van der Waals surface area contributed by atoms with Gasteiger partial charge in [0.25, 0.3) is 0 Å². The molecule has 136 valence electrons. The molecule has 0 saturated heterocycles. The summed E-state index contributed by atoms with van der Waals surface area (Å²) >= 11 is 0. The van der Waals surface area contributed by atoms with Crippen LogP contribution in [0, 0.1) is 6.92 Å². The number of anilines is 1. The van der Waals surface area contributed by atoms with Crippen molar-refractivity contribution in [2.24, 2.45) is 5.10 Å². The van der Waals surface area contributed by atoms with Crippen molar-refractivity contribution in [3.05, 3.63) is 23.7 Å². The molecule has 0 bridgehead atoms. The van der Waals surface area contributed by atoms with Crippen LogP contribution >= 0.6 is 0 Å². The topological polar surface area (TPSA) is 84.1 Å². The van der Waals surface area contributed by atoms with Gasteiger partial charge >= 0.3 is 0 Å². The maximum atomic E-state index is 5.05. The van der Waals surface area contributed by atoms with Gasteiger partial charge in [-0.05, 0) is 26.2 Å². The second-order valence-corrected chi connectivity index (χ2v) is 7.39. The fourth-order valence-electron chi connectivity index (χ4n) is 4.56. The maximum absolute atomic E-state index is 5.05. The number of aryl methyl sites for hydroxylation is 1. The van der Waals surface area contributed by atoms with E-state index in [4.69, 9.17) is 4.98 Å². The van der Waals surface area contributed by atoms with Crippen LogP contribution in [0.5, 0.6) is 0 Å². The zero-order chi connectivity index (χ0) is 17.7. The van der Waals surface area contributed by atoms with Gasteiger partial charge in [-0.15, -0.1) is 10.2 Å². The van der Waals surface area contributed by atoms with E-state index in [1.54, 1.807) is 0 Å². The van der Waals surface area contributed by atoms with Crippen LogP contribution in [0.25, 0.3) is 5.69 Å².